The molecule has 1 amide bonds. The summed E-state index contributed by atoms with van der Waals surface area (Å²) in [6.45, 7) is 0.445. The van der Waals surface area contributed by atoms with Crippen LogP contribution < -0.4 is 5.32 Å². The first kappa shape index (κ1) is 15.9. The van der Waals surface area contributed by atoms with Crippen LogP contribution in [0.5, 0.6) is 0 Å². The van der Waals surface area contributed by atoms with Crippen molar-refractivity contribution >= 4 is 6.09 Å². The third kappa shape index (κ3) is 4.80. The van der Waals surface area contributed by atoms with E-state index < -0.39 is 18.0 Å². The number of carbonyl (C=O) groups excluding carboxylic acids is 1. The van der Waals surface area contributed by atoms with Crippen molar-refractivity contribution in [3.63, 3.8) is 0 Å². The molecule has 22 heavy (non-hydrogen) atoms. The van der Waals surface area contributed by atoms with Gasteiger partial charge < -0.3 is 14.6 Å². The van der Waals surface area contributed by atoms with Crippen molar-refractivity contribution in [2.45, 2.75) is 19.3 Å². The molecule has 0 aliphatic rings. The van der Waals surface area contributed by atoms with Gasteiger partial charge in [-0.15, -0.1) is 0 Å². The van der Waals surface area contributed by atoms with E-state index in [1.165, 1.54) is 4.57 Å². The van der Waals surface area contributed by atoms with Crippen LogP contribution in [0, 0.1) is 0 Å². The maximum absolute atomic E-state index is 12.3. The molecule has 0 spiro atoms. The molecule has 2 aromatic rings. The van der Waals surface area contributed by atoms with Crippen LogP contribution in [0.1, 0.15) is 11.3 Å². The summed E-state index contributed by atoms with van der Waals surface area (Å²) in [6, 6.07) is 9.14. The predicted octanol–water partition coefficient (Wildman–Crippen LogP) is 2.83. The van der Waals surface area contributed by atoms with Crippen LogP contribution in [0.4, 0.5) is 18.0 Å². The fourth-order valence-corrected chi connectivity index (χ4v) is 1.69. The van der Waals surface area contributed by atoms with Crippen LogP contribution in [-0.2, 0) is 24.1 Å². The lowest BCUT2D eigenvalue weighted by atomic mass is 10.2. The number of amides is 1. The van der Waals surface area contributed by atoms with E-state index in [2.05, 4.69) is 10.3 Å². The Balaban J connectivity index is 1.70. The second-order valence-electron chi connectivity index (χ2n) is 4.48. The van der Waals surface area contributed by atoms with Gasteiger partial charge in [-0.1, -0.05) is 30.3 Å². The summed E-state index contributed by atoms with van der Waals surface area (Å²) in [5, 5.41) is 2.46. The lowest BCUT2D eigenvalue weighted by molar-refractivity contribution is -0.140. The molecule has 118 valence electrons. The SMILES string of the molecule is O=C(NCCn1cnc(C(F)(F)F)c1)OCc1ccccc1. The standard InChI is InChI=1S/C14H14F3N3O2/c15-14(16,17)12-8-20(10-19-12)7-6-18-13(21)22-9-11-4-2-1-3-5-11/h1-5,8,10H,6-7,9H2,(H,18,21). The van der Waals surface area contributed by atoms with Gasteiger partial charge in [0.05, 0.1) is 6.33 Å². The fourth-order valence-electron chi connectivity index (χ4n) is 1.69. The number of nitrogens with one attached hydrogen (secondary N) is 1. The van der Waals surface area contributed by atoms with Crippen molar-refractivity contribution in [2.75, 3.05) is 6.54 Å². The minimum atomic E-state index is -4.46. The van der Waals surface area contributed by atoms with Crippen LogP contribution in [-0.4, -0.2) is 22.2 Å². The molecule has 0 saturated heterocycles. The number of carbonyl (C=O) groups is 1. The Hall–Kier alpha value is -2.51. The Kier molecular flexibility index (Phi) is 5.03. The lowest BCUT2D eigenvalue weighted by Crippen LogP contribution is -2.27. The monoisotopic (exact) mass is 313 g/mol. The topological polar surface area (TPSA) is 56.2 Å². The molecule has 0 unspecified atom stereocenters. The number of ether oxygens (including phenoxy) is 1. The maximum atomic E-state index is 12.3. The Labute approximate surface area is 124 Å². The number of rotatable bonds is 5. The second-order valence-corrected chi connectivity index (χ2v) is 4.48. The third-order valence-corrected chi connectivity index (χ3v) is 2.78. The number of hydrogen-bond donors (Lipinski definition) is 1. The first-order valence-corrected chi connectivity index (χ1v) is 6.48. The highest BCUT2D eigenvalue weighted by Crippen LogP contribution is 2.27. The molecular formula is C14H14F3N3O2. The molecule has 0 aliphatic heterocycles. The van der Waals surface area contributed by atoms with Gasteiger partial charge in [0.25, 0.3) is 0 Å². The summed E-state index contributed by atoms with van der Waals surface area (Å²) in [5.41, 5.74) is -0.110. The zero-order chi connectivity index (χ0) is 16.0. The van der Waals surface area contributed by atoms with Gasteiger partial charge in [-0.25, -0.2) is 9.78 Å². The molecule has 0 atom stereocenters. The number of halogens is 3. The highest BCUT2D eigenvalue weighted by atomic mass is 19.4. The molecular weight excluding hydrogens is 299 g/mol. The quantitative estimate of drug-likeness (QED) is 0.923. The van der Waals surface area contributed by atoms with Crippen LogP contribution in [0.3, 0.4) is 0 Å². The molecule has 1 aromatic heterocycles. The first-order valence-electron chi connectivity index (χ1n) is 6.48. The van der Waals surface area contributed by atoms with Crippen LogP contribution in [0.15, 0.2) is 42.9 Å². The average molecular weight is 313 g/mol. The summed E-state index contributed by atoms with van der Waals surface area (Å²) in [4.78, 5) is 14.7. The predicted molar refractivity (Wildman–Crippen MR) is 71.9 cm³/mol. The van der Waals surface area contributed by atoms with Crippen molar-refractivity contribution in [2.24, 2.45) is 0 Å². The molecule has 0 fully saturated rings. The highest BCUT2D eigenvalue weighted by molar-refractivity contribution is 5.67. The van der Waals surface area contributed by atoms with Gasteiger partial charge in [0.1, 0.15) is 6.61 Å². The Morgan fingerprint density at radius 2 is 2.00 bits per heavy atom. The summed E-state index contributed by atoms with van der Waals surface area (Å²) in [5.74, 6) is 0. The second kappa shape index (κ2) is 6.97. The van der Waals surface area contributed by atoms with Gasteiger partial charge in [-0.05, 0) is 5.56 Å². The summed E-state index contributed by atoms with van der Waals surface area (Å²) >= 11 is 0. The Morgan fingerprint density at radius 3 is 2.64 bits per heavy atom. The van der Waals surface area contributed by atoms with E-state index in [0.29, 0.717) is 0 Å². The smallest absolute Gasteiger partial charge is 0.434 e. The average Bonchev–Trinajstić information content (AvgIpc) is 2.95. The molecule has 1 N–H and O–H groups in total. The van der Waals surface area contributed by atoms with Crippen LogP contribution in [0.2, 0.25) is 0 Å². The first-order chi connectivity index (χ1) is 10.4. The Bertz CT molecular complexity index is 611. The molecule has 2 rings (SSSR count). The maximum Gasteiger partial charge on any atom is 0.434 e. The zero-order valence-corrected chi connectivity index (χ0v) is 11.5. The molecule has 0 aliphatic carbocycles. The largest absolute Gasteiger partial charge is 0.445 e. The van der Waals surface area contributed by atoms with E-state index >= 15 is 0 Å². The van der Waals surface area contributed by atoms with Crippen LogP contribution >= 0.6 is 0 Å². The lowest BCUT2D eigenvalue weighted by Gasteiger charge is -2.07. The van der Waals surface area contributed by atoms with E-state index in [9.17, 15) is 18.0 Å². The number of hydrogen-bond acceptors (Lipinski definition) is 3. The van der Waals surface area contributed by atoms with E-state index in [0.717, 1.165) is 18.1 Å². The van der Waals surface area contributed by atoms with Crippen molar-refractivity contribution in [1.82, 2.24) is 14.9 Å². The van der Waals surface area contributed by atoms with Gasteiger partial charge in [0, 0.05) is 19.3 Å². The van der Waals surface area contributed by atoms with Gasteiger partial charge in [0.15, 0.2) is 5.69 Å². The molecule has 1 aromatic carbocycles. The summed E-state index contributed by atoms with van der Waals surface area (Å²) in [7, 11) is 0. The third-order valence-electron chi connectivity index (χ3n) is 2.78. The van der Waals surface area contributed by atoms with Crippen molar-refractivity contribution in [1.29, 1.82) is 0 Å². The zero-order valence-electron chi connectivity index (χ0n) is 11.5. The van der Waals surface area contributed by atoms with E-state index in [4.69, 9.17) is 4.74 Å². The minimum Gasteiger partial charge on any atom is -0.445 e. The molecule has 1 heterocycles. The number of alkyl carbamates (subject to hydrolysis) is 1. The van der Waals surface area contributed by atoms with E-state index in [1.807, 2.05) is 30.3 Å². The molecule has 5 nitrogen and oxygen atoms in total. The number of nitrogens with zero attached hydrogens (tertiary/aromatic N) is 2. The summed E-state index contributed by atoms with van der Waals surface area (Å²) < 4.78 is 43.3. The van der Waals surface area contributed by atoms with Gasteiger partial charge in [-0.3, -0.25) is 0 Å². The number of alkyl halides is 3. The van der Waals surface area contributed by atoms with Crippen LogP contribution in [0.25, 0.3) is 0 Å². The molecule has 0 bridgehead atoms. The summed E-state index contributed by atoms with van der Waals surface area (Å²) in [6.07, 6.45) is -3.13. The van der Waals surface area contributed by atoms with Gasteiger partial charge in [0.2, 0.25) is 0 Å². The number of imidazole rings is 1. The molecule has 8 heteroatoms. The number of aromatic nitrogens is 2. The van der Waals surface area contributed by atoms with E-state index in [-0.39, 0.29) is 19.7 Å². The van der Waals surface area contributed by atoms with Crippen molar-refractivity contribution in [3.05, 3.63) is 54.1 Å². The van der Waals surface area contributed by atoms with Gasteiger partial charge in [-0.2, -0.15) is 13.2 Å². The molecule has 0 saturated carbocycles. The van der Waals surface area contributed by atoms with E-state index in [1.54, 1.807) is 0 Å². The molecule has 0 radical (unpaired) electrons. The Morgan fingerprint density at radius 1 is 1.27 bits per heavy atom. The fraction of sp³-hybridized carbons (Fsp3) is 0.286. The normalized spacial score (nSPS) is 11.2. The number of benzene rings is 1. The minimum absolute atomic E-state index is 0.135. The van der Waals surface area contributed by atoms with Crippen molar-refractivity contribution < 1.29 is 22.7 Å². The van der Waals surface area contributed by atoms with Gasteiger partial charge >= 0.3 is 12.3 Å². The van der Waals surface area contributed by atoms with Crippen molar-refractivity contribution in [3.8, 4) is 0 Å². The highest BCUT2D eigenvalue weighted by Gasteiger charge is 2.33.